The van der Waals surface area contributed by atoms with Gasteiger partial charge in [0.25, 0.3) is 0 Å². The van der Waals surface area contributed by atoms with E-state index in [4.69, 9.17) is 4.74 Å². The van der Waals surface area contributed by atoms with E-state index in [-0.39, 0.29) is 5.54 Å². The second-order valence-corrected chi connectivity index (χ2v) is 6.14. The summed E-state index contributed by atoms with van der Waals surface area (Å²) in [5.41, 5.74) is 0.256. The normalized spacial score (nSPS) is 16.8. The Morgan fingerprint density at radius 1 is 1.18 bits per heavy atom. The molecule has 0 heterocycles. The molecule has 1 saturated carbocycles. The first-order valence-corrected chi connectivity index (χ1v) is 7.01. The van der Waals surface area contributed by atoms with Gasteiger partial charge in [0.1, 0.15) is 0 Å². The predicted molar refractivity (Wildman–Crippen MR) is 73.5 cm³/mol. The van der Waals surface area contributed by atoms with Gasteiger partial charge in [0.15, 0.2) is 0 Å². The molecule has 0 aliphatic heterocycles. The SMILES string of the molecule is COCCN(CCCCNC(C)(C)C)C1CC1. The molecule has 0 atom stereocenters. The molecule has 102 valence electrons. The van der Waals surface area contributed by atoms with Gasteiger partial charge in [0, 0.05) is 25.2 Å². The fourth-order valence-corrected chi connectivity index (χ4v) is 2.03. The van der Waals surface area contributed by atoms with Crippen molar-refractivity contribution in [3.8, 4) is 0 Å². The number of ether oxygens (including phenoxy) is 1. The van der Waals surface area contributed by atoms with Gasteiger partial charge >= 0.3 is 0 Å². The van der Waals surface area contributed by atoms with E-state index in [1.807, 2.05) is 0 Å². The van der Waals surface area contributed by atoms with Crippen molar-refractivity contribution in [1.29, 1.82) is 0 Å². The first-order chi connectivity index (χ1) is 8.03. The van der Waals surface area contributed by atoms with Crippen molar-refractivity contribution >= 4 is 0 Å². The zero-order valence-corrected chi connectivity index (χ0v) is 12.1. The molecule has 1 rings (SSSR count). The highest BCUT2D eigenvalue weighted by atomic mass is 16.5. The minimum atomic E-state index is 0.256. The Morgan fingerprint density at radius 3 is 2.41 bits per heavy atom. The summed E-state index contributed by atoms with van der Waals surface area (Å²) in [4.78, 5) is 2.60. The fraction of sp³-hybridized carbons (Fsp3) is 1.00. The molecule has 0 spiro atoms. The van der Waals surface area contributed by atoms with E-state index in [0.29, 0.717) is 0 Å². The van der Waals surface area contributed by atoms with Gasteiger partial charge in [0.05, 0.1) is 6.61 Å². The third-order valence-corrected chi connectivity index (χ3v) is 3.17. The lowest BCUT2D eigenvalue weighted by Gasteiger charge is -2.23. The fourth-order valence-electron chi connectivity index (χ4n) is 2.03. The quantitative estimate of drug-likeness (QED) is 0.628. The van der Waals surface area contributed by atoms with Crippen LogP contribution >= 0.6 is 0 Å². The molecule has 0 aromatic heterocycles. The monoisotopic (exact) mass is 242 g/mol. The van der Waals surface area contributed by atoms with E-state index in [1.165, 1.54) is 32.2 Å². The third kappa shape index (κ3) is 7.74. The van der Waals surface area contributed by atoms with E-state index in [1.54, 1.807) is 7.11 Å². The number of methoxy groups -OCH3 is 1. The Hall–Kier alpha value is -0.120. The van der Waals surface area contributed by atoms with E-state index in [0.717, 1.165) is 25.7 Å². The smallest absolute Gasteiger partial charge is 0.0589 e. The third-order valence-electron chi connectivity index (χ3n) is 3.17. The summed E-state index contributed by atoms with van der Waals surface area (Å²) in [5.74, 6) is 0. The van der Waals surface area contributed by atoms with Gasteiger partial charge in [-0.3, -0.25) is 4.90 Å². The van der Waals surface area contributed by atoms with E-state index >= 15 is 0 Å². The van der Waals surface area contributed by atoms with Crippen LogP contribution in [0.1, 0.15) is 46.5 Å². The maximum Gasteiger partial charge on any atom is 0.0589 e. The summed E-state index contributed by atoms with van der Waals surface area (Å²) in [6.07, 6.45) is 5.35. The molecule has 0 aromatic rings. The van der Waals surface area contributed by atoms with Crippen LogP contribution in [0.4, 0.5) is 0 Å². The predicted octanol–water partition coefficient (Wildman–Crippen LogP) is 2.27. The van der Waals surface area contributed by atoms with Crippen LogP contribution in [-0.2, 0) is 4.74 Å². The molecule has 17 heavy (non-hydrogen) atoms. The first-order valence-electron chi connectivity index (χ1n) is 7.01. The summed E-state index contributed by atoms with van der Waals surface area (Å²) in [5, 5.41) is 3.54. The van der Waals surface area contributed by atoms with Crippen LogP contribution in [0, 0.1) is 0 Å². The Balaban J connectivity index is 2.02. The number of hydrogen-bond acceptors (Lipinski definition) is 3. The van der Waals surface area contributed by atoms with Gasteiger partial charge in [-0.1, -0.05) is 0 Å². The lowest BCUT2D eigenvalue weighted by Crippen LogP contribution is -2.37. The van der Waals surface area contributed by atoms with Crippen LogP contribution < -0.4 is 5.32 Å². The van der Waals surface area contributed by atoms with Crippen molar-refractivity contribution < 1.29 is 4.74 Å². The maximum absolute atomic E-state index is 5.17. The minimum Gasteiger partial charge on any atom is -0.383 e. The van der Waals surface area contributed by atoms with Crippen molar-refractivity contribution in [2.45, 2.75) is 58.0 Å². The molecule has 0 aromatic carbocycles. The number of nitrogens with one attached hydrogen (secondary N) is 1. The van der Waals surface area contributed by atoms with E-state index in [2.05, 4.69) is 31.0 Å². The van der Waals surface area contributed by atoms with Crippen molar-refractivity contribution in [1.82, 2.24) is 10.2 Å². The van der Waals surface area contributed by atoms with Crippen LogP contribution in [-0.4, -0.2) is 49.8 Å². The van der Waals surface area contributed by atoms with Gasteiger partial charge < -0.3 is 10.1 Å². The van der Waals surface area contributed by atoms with E-state index < -0.39 is 0 Å². The van der Waals surface area contributed by atoms with Crippen LogP contribution in [0.15, 0.2) is 0 Å². The molecule has 3 heteroatoms. The number of nitrogens with zero attached hydrogens (tertiary/aromatic N) is 1. The number of unbranched alkanes of at least 4 members (excludes halogenated alkanes) is 1. The molecule has 3 nitrogen and oxygen atoms in total. The number of hydrogen-bond donors (Lipinski definition) is 1. The highest BCUT2D eigenvalue weighted by molar-refractivity contribution is 4.84. The Labute approximate surface area is 107 Å². The minimum absolute atomic E-state index is 0.256. The van der Waals surface area contributed by atoms with Crippen molar-refractivity contribution in [2.24, 2.45) is 0 Å². The van der Waals surface area contributed by atoms with Gasteiger partial charge in [-0.25, -0.2) is 0 Å². The standard InChI is InChI=1S/C14H30N2O/c1-14(2,3)15-9-5-6-10-16(11-12-17-4)13-7-8-13/h13,15H,5-12H2,1-4H3. The number of rotatable bonds is 9. The molecular formula is C14H30N2O. The summed E-state index contributed by atoms with van der Waals surface area (Å²) in [6, 6.07) is 0.862. The molecule has 1 aliphatic carbocycles. The highest BCUT2D eigenvalue weighted by Crippen LogP contribution is 2.26. The average Bonchev–Trinajstić information content (AvgIpc) is 3.04. The summed E-state index contributed by atoms with van der Waals surface area (Å²) in [7, 11) is 1.79. The van der Waals surface area contributed by atoms with Gasteiger partial charge in [-0.05, 0) is 59.5 Å². The molecule has 0 saturated heterocycles. The lowest BCUT2D eigenvalue weighted by atomic mass is 10.1. The summed E-state index contributed by atoms with van der Waals surface area (Å²) < 4.78 is 5.17. The highest BCUT2D eigenvalue weighted by Gasteiger charge is 2.27. The Bertz CT molecular complexity index is 197. The maximum atomic E-state index is 5.17. The largest absolute Gasteiger partial charge is 0.383 e. The van der Waals surface area contributed by atoms with Crippen molar-refractivity contribution in [3.05, 3.63) is 0 Å². The van der Waals surface area contributed by atoms with Crippen LogP contribution in [0.3, 0.4) is 0 Å². The Kier molecular flexibility index (Phi) is 6.45. The zero-order valence-electron chi connectivity index (χ0n) is 12.1. The second kappa shape index (κ2) is 7.34. The van der Waals surface area contributed by atoms with Crippen molar-refractivity contribution in [2.75, 3.05) is 33.4 Å². The molecule has 1 fully saturated rings. The molecular weight excluding hydrogens is 212 g/mol. The van der Waals surface area contributed by atoms with Crippen LogP contribution in [0.2, 0.25) is 0 Å². The average molecular weight is 242 g/mol. The molecule has 0 bridgehead atoms. The van der Waals surface area contributed by atoms with Crippen molar-refractivity contribution in [3.63, 3.8) is 0 Å². The molecule has 1 aliphatic rings. The topological polar surface area (TPSA) is 24.5 Å². The van der Waals surface area contributed by atoms with Crippen LogP contribution in [0.5, 0.6) is 0 Å². The second-order valence-electron chi connectivity index (χ2n) is 6.14. The van der Waals surface area contributed by atoms with Gasteiger partial charge in [0.2, 0.25) is 0 Å². The van der Waals surface area contributed by atoms with Crippen LogP contribution in [0.25, 0.3) is 0 Å². The molecule has 0 unspecified atom stereocenters. The molecule has 1 N–H and O–H groups in total. The zero-order chi connectivity index (χ0) is 12.7. The summed E-state index contributed by atoms with van der Waals surface area (Å²) >= 11 is 0. The first kappa shape index (κ1) is 14.9. The van der Waals surface area contributed by atoms with Gasteiger partial charge in [-0.15, -0.1) is 0 Å². The Morgan fingerprint density at radius 2 is 1.88 bits per heavy atom. The molecule has 0 radical (unpaired) electrons. The van der Waals surface area contributed by atoms with Gasteiger partial charge in [-0.2, -0.15) is 0 Å². The van der Waals surface area contributed by atoms with E-state index in [9.17, 15) is 0 Å². The lowest BCUT2D eigenvalue weighted by molar-refractivity contribution is 0.142. The molecule has 0 amide bonds. The summed E-state index contributed by atoms with van der Waals surface area (Å²) in [6.45, 7) is 11.0.